The van der Waals surface area contributed by atoms with Crippen molar-refractivity contribution in [3.63, 3.8) is 0 Å². The van der Waals surface area contributed by atoms with Crippen molar-refractivity contribution in [2.45, 2.75) is 0 Å². The summed E-state index contributed by atoms with van der Waals surface area (Å²) in [7, 11) is 0. The Bertz CT molecular complexity index is 740. The summed E-state index contributed by atoms with van der Waals surface area (Å²) in [5.74, 6) is -0.578. The van der Waals surface area contributed by atoms with Gasteiger partial charge < -0.3 is 4.74 Å². The minimum absolute atomic E-state index is 0.260. The standard InChI is InChI=1S/C15H11BrCl2N2O3/c16-11-7-9(17)5-6-13(11)23-8-14(21)19-20-15(22)10-3-1-2-4-12(10)18/h1-7H,8H2,(H,19,21)(H,20,22). The molecule has 0 heterocycles. The third-order valence-electron chi connectivity index (χ3n) is 2.69. The smallest absolute Gasteiger partial charge is 0.276 e. The molecule has 0 bridgehead atoms. The van der Waals surface area contributed by atoms with Gasteiger partial charge in [0.2, 0.25) is 0 Å². The van der Waals surface area contributed by atoms with Crippen LogP contribution in [0, 0.1) is 0 Å². The first-order valence-corrected chi connectivity index (χ1v) is 7.94. The highest BCUT2D eigenvalue weighted by Gasteiger charge is 2.11. The van der Waals surface area contributed by atoms with Crippen LogP contribution in [-0.4, -0.2) is 18.4 Å². The lowest BCUT2D eigenvalue weighted by molar-refractivity contribution is -0.123. The fraction of sp³-hybridized carbons (Fsp3) is 0.0667. The van der Waals surface area contributed by atoms with Crippen LogP contribution in [0.25, 0.3) is 0 Å². The number of carbonyl (C=O) groups excluding carboxylic acids is 2. The fourth-order valence-electron chi connectivity index (χ4n) is 1.61. The second-order valence-electron chi connectivity index (χ2n) is 4.35. The Hall–Kier alpha value is -1.76. The summed E-state index contributed by atoms with van der Waals surface area (Å²) < 4.78 is 5.94. The lowest BCUT2D eigenvalue weighted by Gasteiger charge is -2.10. The molecule has 2 rings (SSSR count). The van der Waals surface area contributed by atoms with Gasteiger partial charge in [-0.3, -0.25) is 20.4 Å². The van der Waals surface area contributed by atoms with Crippen LogP contribution < -0.4 is 15.6 Å². The monoisotopic (exact) mass is 416 g/mol. The Morgan fingerprint density at radius 3 is 2.52 bits per heavy atom. The number of ether oxygens (including phenoxy) is 1. The molecule has 2 N–H and O–H groups in total. The predicted molar refractivity (Wildman–Crippen MR) is 91.7 cm³/mol. The van der Waals surface area contributed by atoms with Crippen LogP contribution in [-0.2, 0) is 4.79 Å². The van der Waals surface area contributed by atoms with Crippen LogP contribution in [0.15, 0.2) is 46.9 Å². The summed E-state index contributed by atoms with van der Waals surface area (Å²) in [6, 6.07) is 11.4. The van der Waals surface area contributed by atoms with Crippen molar-refractivity contribution in [1.82, 2.24) is 10.9 Å². The van der Waals surface area contributed by atoms with Gasteiger partial charge in [-0.15, -0.1) is 0 Å². The molecule has 2 aromatic rings. The predicted octanol–water partition coefficient (Wildman–Crippen LogP) is 3.60. The average molecular weight is 418 g/mol. The van der Waals surface area contributed by atoms with Gasteiger partial charge >= 0.3 is 0 Å². The Balaban J connectivity index is 1.83. The zero-order chi connectivity index (χ0) is 16.8. The van der Waals surface area contributed by atoms with E-state index in [1.165, 1.54) is 0 Å². The van der Waals surface area contributed by atoms with Gasteiger partial charge in [-0.2, -0.15) is 0 Å². The van der Waals surface area contributed by atoms with Gasteiger partial charge in [0.1, 0.15) is 5.75 Å². The number of halogens is 3. The molecule has 0 aliphatic heterocycles. The van der Waals surface area contributed by atoms with Gasteiger partial charge in [0.05, 0.1) is 15.1 Å². The first-order valence-electron chi connectivity index (χ1n) is 6.39. The summed E-state index contributed by atoms with van der Waals surface area (Å²) in [4.78, 5) is 23.6. The molecule has 0 radical (unpaired) electrons. The first-order chi connectivity index (χ1) is 11.0. The van der Waals surface area contributed by atoms with E-state index >= 15 is 0 Å². The third kappa shape index (κ3) is 5.13. The number of rotatable bonds is 4. The molecule has 120 valence electrons. The van der Waals surface area contributed by atoms with Crippen LogP contribution >= 0.6 is 39.1 Å². The van der Waals surface area contributed by atoms with Crippen LogP contribution in [0.2, 0.25) is 10.0 Å². The Kier molecular flexibility index (Phi) is 6.27. The van der Waals surface area contributed by atoms with E-state index in [1.807, 2.05) is 0 Å². The molecular weight excluding hydrogens is 407 g/mol. The summed E-state index contributed by atoms with van der Waals surface area (Å²) in [6.45, 7) is -0.275. The molecular formula is C15H11BrCl2N2O3. The molecule has 0 unspecified atom stereocenters. The quantitative estimate of drug-likeness (QED) is 0.747. The zero-order valence-corrected chi connectivity index (χ0v) is 14.7. The van der Waals surface area contributed by atoms with E-state index in [-0.39, 0.29) is 12.2 Å². The molecule has 0 atom stereocenters. The van der Waals surface area contributed by atoms with Gasteiger partial charge in [-0.1, -0.05) is 35.3 Å². The molecule has 2 amide bonds. The van der Waals surface area contributed by atoms with E-state index in [0.717, 1.165) is 0 Å². The molecule has 0 aliphatic carbocycles. The molecule has 0 fully saturated rings. The lowest BCUT2D eigenvalue weighted by Crippen LogP contribution is -2.43. The van der Waals surface area contributed by atoms with Crippen LogP contribution in [0.4, 0.5) is 0 Å². The Morgan fingerprint density at radius 2 is 1.83 bits per heavy atom. The molecule has 0 saturated carbocycles. The van der Waals surface area contributed by atoms with Crippen molar-refractivity contribution in [3.8, 4) is 5.75 Å². The summed E-state index contributed by atoms with van der Waals surface area (Å²) >= 11 is 15.0. The molecule has 0 saturated heterocycles. The third-order valence-corrected chi connectivity index (χ3v) is 3.87. The summed E-state index contributed by atoms with van der Waals surface area (Å²) in [5, 5.41) is 0.835. The maximum Gasteiger partial charge on any atom is 0.276 e. The molecule has 23 heavy (non-hydrogen) atoms. The number of hydrogen-bond acceptors (Lipinski definition) is 3. The molecule has 0 aliphatic rings. The number of benzene rings is 2. The minimum atomic E-state index is -0.521. The van der Waals surface area contributed by atoms with Gasteiger partial charge in [-0.05, 0) is 46.3 Å². The molecule has 2 aromatic carbocycles. The van der Waals surface area contributed by atoms with E-state index in [1.54, 1.807) is 42.5 Å². The summed E-state index contributed by atoms with van der Waals surface area (Å²) in [6.07, 6.45) is 0. The molecule has 8 heteroatoms. The maximum absolute atomic E-state index is 11.9. The van der Waals surface area contributed by atoms with E-state index in [0.29, 0.717) is 20.3 Å². The van der Waals surface area contributed by atoms with E-state index in [2.05, 4.69) is 26.8 Å². The SMILES string of the molecule is O=C(COc1ccc(Cl)cc1Br)NNC(=O)c1ccccc1Cl. The van der Waals surface area contributed by atoms with Gasteiger partial charge in [0.15, 0.2) is 6.61 Å². The number of hydrogen-bond donors (Lipinski definition) is 2. The van der Waals surface area contributed by atoms with Crippen molar-refractivity contribution in [3.05, 3.63) is 62.5 Å². The highest BCUT2D eigenvalue weighted by Crippen LogP contribution is 2.27. The van der Waals surface area contributed by atoms with E-state index < -0.39 is 11.8 Å². The van der Waals surface area contributed by atoms with Crippen molar-refractivity contribution in [2.75, 3.05) is 6.61 Å². The largest absolute Gasteiger partial charge is 0.483 e. The number of carbonyl (C=O) groups is 2. The normalized spacial score (nSPS) is 10.0. The van der Waals surface area contributed by atoms with E-state index in [9.17, 15) is 9.59 Å². The topological polar surface area (TPSA) is 67.4 Å². The second kappa shape index (κ2) is 8.19. The van der Waals surface area contributed by atoms with Crippen LogP contribution in [0.3, 0.4) is 0 Å². The number of amides is 2. The lowest BCUT2D eigenvalue weighted by atomic mass is 10.2. The van der Waals surface area contributed by atoms with Gasteiger partial charge in [0, 0.05) is 5.02 Å². The average Bonchev–Trinajstić information content (AvgIpc) is 2.52. The fourth-order valence-corrected chi connectivity index (χ4v) is 2.63. The van der Waals surface area contributed by atoms with Crippen molar-refractivity contribution < 1.29 is 14.3 Å². The minimum Gasteiger partial charge on any atom is -0.483 e. The highest BCUT2D eigenvalue weighted by atomic mass is 79.9. The molecule has 0 spiro atoms. The Morgan fingerprint density at radius 1 is 1.09 bits per heavy atom. The van der Waals surface area contributed by atoms with Crippen LogP contribution in [0.1, 0.15) is 10.4 Å². The maximum atomic E-state index is 11.9. The molecule has 0 aromatic heterocycles. The number of hydrazine groups is 1. The van der Waals surface area contributed by atoms with E-state index in [4.69, 9.17) is 27.9 Å². The van der Waals surface area contributed by atoms with Gasteiger partial charge in [0.25, 0.3) is 11.8 Å². The van der Waals surface area contributed by atoms with Crippen molar-refractivity contribution in [2.24, 2.45) is 0 Å². The number of nitrogens with one attached hydrogen (secondary N) is 2. The van der Waals surface area contributed by atoms with Gasteiger partial charge in [-0.25, -0.2) is 0 Å². The zero-order valence-electron chi connectivity index (χ0n) is 11.6. The van der Waals surface area contributed by atoms with Crippen LogP contribution in [0.5, 0.6) is 5.75 Å². The second-order valence-corrected chi connectivity index (χ2v) is 6.04. The first kappa shape index (κ1) is 17.6. The Labute approximate surface area is 151 Å². The molecule has 5 nitrogen and oxygen atoms in total. The van der Waals surface area contributed by atoms with Crippen molar-refractivity contribution >= 4 is 50.9 Å². The summed E-state index contributed by atoms with van der Waals surface area (Å²) in [5.41, 5.74) is 4.77. The highest BCUT2D eigenvalue weighted by molar-refractivity contribution is 9.10. The van der Waals surface area contributed by atoms with Crippen molar-refractivity contribution in [1.29, 1.82) is 0 Å².